The van der Waals surface area contributed by atoms with E-state index in [9.17, 15) is 18.0 Å². The molecule has 0 atom stereocenters. The van der Waals surface area contributed by atoms with E-state index < -0.39 is 20.5 Å². The van der Waals surface area contributed by atoms with E-state index in [4.69, 9.17) is 0 Å². The average Bonchev–Trinajstić information content (AvgIpc) is 2.51. The van der Waals surface area contributed by atoms with Gasteiger partial charge in [0.05, 0.1) is 11.4 Å². The van der Waals surface area contributed by atoms with E-state index >= 15 is 0 Å². The predicted molar refractivity (Wildman–Crippen MR) is 101 cm³/mol. The van der Waals surface area contributed by atoms with E-state index in [2.05, 4.69) is 21.2 Å². The fourth-order valence-electron chi connectivity index (χ4n) is 2.27. The third-order valence-electron chi connectivity index (χ3n) is 3.76. The fraction of sp³-hybridized carbons (Fsp3) is 0.529. The van der Waals surface area contributed by atoms with Crippen LogP contribution in [0.1, 0.15) is 34.6 Å². The van der Waals surface area contributed by atoms with Crippen molar-refractivity contribution in [3.63, 3.8) is 0 Å². The second-order valence-electron chi connectivity index (χ2n) is 6.51. The first-order chi connectivity index (χ1) is 11.4. The Morgan fingerprint density at radius 1 is 1.20 bits per heavy atom. The monoisotopic (exact) mass is 432 g/mol. The van der Waals surface area contributed by atoms with Crippen molar-refractivity contribution in [3.05, 3.63) is 28.7 Å². The van der Waals surface area contributed by atoms with Crippen molar-refractivity contribution < 1.29 is 18.0 Å². The molecule has 0 bridgehead atoms. The summed E-state index contributed by atoms with van der Waals surface area (Å²) in [5, 5.41) is 2.70. The summed E-state index contributed by atoms with van der Waals surface area (Å²) in [7, 11) is -3.91. The molecule has 0 saturated heterocycles. The Balaban J connectivity index is 3.10. The van der Waals surface area contributed by atoms with E-state index in [1.807, 2.05) is 13.8 Å². The highest BCUT2D eigenvalue weighted by molar-refractivity contribution is 9.10. The predicted octanol–water partition coefficient (Wildman–Crippen LogP) is 2.37. The largest absolute Gasteiger partial charge is 0.352 e. The van der Waals surface area contributed by atoms with Crippen molar-refractivity contribution in [1.82, 2.24) is 10.2 Å². The quantitative estimate of drug-likeness (QED) is 0.716. The van der Waals surface area contributed by atoms with E-state index in [1.165, 1.54) is 30.9 Å². The SMILES string of the molecule is CCN(CC(=O)NC(C)C)C(=O)C(C)(C)S(=O)(=O)c1ccc(Br)cc1. The molecular weight excluding hydrogens is 408 g/mol. The Bertz CT molecular complexity index is 728. The number of nitrogens with zero attached hydrogens (tertiary/aromatic N) is 1. The van der Waals surface area contributed by atoms with Gasteiger partial charge in [0.15, 0.2) is 9.84 Å². The Morgan fingerprint density at radius 2 is 1.72 bits per heavy atom. The zero-order valence-corrected chi connectivity index (χ0v) is 17.6. The molecule has 0 aromatic heterocycles. The molecule has 0 unspecified atom stereocenters. The van der Waals surface area contributed by atoms with Gasteiger partial charge in [-0.3, -0.25) is 9.59 Å². The molecule has 0 radical (unpaired) electrons. The maximum absolute atomic E-state index is 12.9. The molecule has 0 aliphatic rings. The Kier molecular flexibility index (Phi) is 7.19. The van der Waals surface area contributed by atoms with Crippen LogP contribution in [0, 0.1) is 0 Å². The summed E-state index contributed by atoms with van der Waals surface area (Å²) in [6.07, 6.45) is 0. The van der Waals surface area contributed by atoms with Crippen molar-refractivity contribution >= 4 is 37.6 Å². The number of likely N-dealkylation sites (N-methyl/N-ethyl adjacent to an activating group) is 1. The van der Waals surface area contributed by atoms with Gasteiger partial charge in [0.1, 0.15) is 4.75 Å². The number of benzene rings is 1. The van der Waals surface area contributed by atoms with Gasteiger partial charge >= 0.3 is 0 Å². The molecule has 1 rings (SSSR count). The summed E-state index contributed by atoms with van der Waals surface area (Å²) in [4.78, 5) is 26.1. The number of carbonyl (C=O) groups excluding carboxylic acids is 2. The smallest absolute Gasteiger partial charge is 0.244 e. The third-order valence-corrected chi connectivity index (χ3v) is 6.70. The molecule has 8 heteroatoms. The lowest BCUT2D eigenvalue weighted by molar-refractivity contribution is -0.137. The maximum atomic E-state index is 12.9. The first-order valence-electron chi connectivity index (χ1n) is 8.02. The van der Waals surface area contributed by atoms with Crippen LogP contribution in [0.2, 0.25) is 0 Å². The summed E-state index contributed by atoms with van der Waals surface area (Å²) < 4.78 is 24.9. The van der Waals surface area contributed by atoms with Crippen LogP contribution in [-0.4, -0.2) is 49.0 Å². The summed E-state index contributed by atoms with van der Waals surface area (Å²) in [5.41, 5.74) is 0. The summed E-state index contributed by atoms with van der Waals surface area (Å²) in [5.74, 6) is -0.918. The number of halogens is 1. The number of carbonyl (C=O) groups is 2. The fourth-order valence-corrected chi connectivity index (χ4v) is 3.98. The van der Waals surface area contributed by atoms with Crippen LogP contribution < -0.4 is 5.32 Å². The van der Waals surface area contributed by atoms with Gasteiger partial charge in [-0.05, 0) is 58.9 Å². The van der Waals surface area contributed by atoms with E-state index in [0.29, 0.717) is 0 Å². The zero-order valence-electron chi connectivity index (χ0n) is 15.2. The molecule has 0 aliphatic heterocycles. The van der Waals surface area contributed by atoms with Gasteiger partial charge < -0.3 is 10.2 Å². The Hall–Kier alpha value is -1.41. The van der Waals surface area contributed by atoms with Gasteiger partial charge in [-0.25, -0.2) is 8.42 Å². The zero-order chi connectivity index (χ0) is 19.4. The molecule has 140 valence electrons. The lowest BCUT2D eigenvalue weighted by atomic mass is 10.1. The van der Waals surface area contributed by atoms with Crippen LogP contribution in [0.4, 0.5) is 0 Å². The molecule has 0 fully saturated rings. The number of nitrogens with one attached hydrogen (secondary N) is 1. The molecule has 0 aliphatic carbocycles. The van der Waals surface area contributed by atoms with Crippen molar-refractivity contribution in [2.45, 2.75) is 50.3 Å². The van der Waals surface area contributed by atoms with E-state index in [-0.39, 0.29) is 29.9 Å². The highest BCUT2D eigenvalue weighted by atomic mass is 79.9. The summed E-state index contributed by atoms with van der Waals surface area (Å²) >= 11 is 3.26. The minimum atomic E-state index is -3.91. The second kappa shape index (κ2) is 8.31. The van der Waals surface area contributed by atoms with Gasteiger partial charge in [-0.1, -0.05) is 15.9 Å². The first-order valence-corrected chi connectivity index (χ1v) is 10.3. The minimum absolute atomic E-state index is 0.0548. The Morgan fingerprint density at radius 3 is 2.16 bits per heavy atom. The molecule has 25 heavy (non-hydrogen) atoms. The highest BCUT2D eigenvalue weighted by Crippen LogP contribution is 2.28. The lowest BCUT2D eigenvalue weighted by Gasteiger charge is -2.31. The number of hydrogen-bond acceptors (Lipinski definition) is 4. The van der Waals surface area contributed by atoms with E-state index in [0.717, 1.165) is 4.47 Å². The van der Waals surface area contributed by atoms with Crippen molar-refractivity contribution in [2.75, 3.05) is 13.1 Å². The average molecular weight is 433 g/mol. The molecule has 1 N–H and O–H groups in total. The first kappa shape index (κ1) is 21.6. The van der Waals surface area contributed by atoms with Crippen LogP contribution >= 0.6 is 15.9 Å². The molecule has 0 saturated carbocycles. The lowest BCUT2D eigenvalue weighted by Crippen LogP contribution is -2.52. The van der Waals surface area contributed by atoms with Gasteiger partial charge in [0, 0.05) is 17.1 Å². The normalized spacial score (nSPS) is 12.1. The number of rotatable bonds is 7. The van der Waals surface area contributed by atoms with Crippen LogP contribution in [0.5, 0.6) is 0 Å². The third kappa shape index (κ3) is 5.04. The summed E-state index contributed by atoms with van der Waals surface area (Å²) in [6.45, 7) is 8.15. The molecule has 0 spiro atoms. The van der Waals surface area contributed by atoms with Crippen molar-refractivity contribution in [3.8, 4) is 0 Å². The minimum Gasteiger partial charge on any atom is -0.352 e. The molecule has 0 heterocycles. The van der Waals surface area contributed by atoms with Crippen molar-refractivity contribution in [1.29, 1.82) is 0 Å². The van der Waals surface area contributed by atoms with Crippen LogP contribution in [-0.2, 0) is 19.4 Å². The highest BCUT2D eigenvalue weighted by Gasteiger charge is 2.45. The molecule has 1 aromatic carbocycles. The molecular formula is C17H25BrN2O4S. The standard InChI is InChI=1S/C17H25BrN2O4S/c1-6-20(11-15(21)19-12(2)3)16(22)17(4,5)25(23,24)14-9-7-13(18)8-10-14/h7-10,12H,6,11H2,1-5H3,(H,19,21). The maximum Gasteiger partial charge on any atom is 0.244 e. The van der Waals surface area contributed by atoms with Gasteiger partial charge in [-0.15, -0.1) is 0 Å². The van der Waals surface area contributed by atoms with E-state index in [1.54, 1.807) is 19.1 Å². The van der Waals surface area contributed by atoms with Crippen LogP contribution in [0.25, 0.3) is 0 Å². The number of hydrogen-bond donors (Lipinski definition) is 1. The van der Waals surface area contributed by atoms with Gasteiger partial charge in [-0.2, -0.15) is 0 Å². The van der Waals surface area contributed by atoms with Gasteiger partial charge in [0.2, 0.25) is 11.8 Å². The number of amides is 2. The molecule has 2 amide bonds. The van der Waals surface area contributed by atoms with Crippen LogP contribution in [0.3, 0.4) is 0 Å². The molecule has 6 nitrogen and oxygen atoms in total. The summed E-state index contributed by atoms with van der Waals surface area (Å²) in [6, 6.07) is 6.08. The van der Waals surface area contributed by atoms with Crippen LogP contribution in [0.15, 0.2) is 33.6 Å². The van der Waals surface area contributed by atoms with Crippen molar-refractivity contribution in [2.24, 2.45) is 0 Å². The number of sulfone groups is 1. The molecule has 1 aromatic rings. The topological polar surface area (TPSA) is 83.6 Å². The van der Waals surface area contributed by atoms with Gasteiger partial charge in [0.25, 0.3) is 0 Å². The second-order valence-corrected chi connectivity index (χ2v) is 9.92. The Labute approximate surface area is 158 Å².